The first-order valence-electron chi connectivity index (χ1n) is 7.73. The number of hydrogen-bond donors (Lipinski definition) is 1. The first-order valence-corrected chi connectivity index (χ1v) is 8.71. The van der Waals surface area contributed by atoms with E-state index in [0.29, 0.717) is 18.2 Å². The SMILES string of the molecule is O=C(CSc1nccc(=O)[nH]1)N(Cc1ccccc1)Cc1ccco1. The van der Waals surface area contributed by atoms with Crippen LogP contribution in [-0.4, -0.2) is 26.5 Å². The topological polar surface area (TPSA) is 79.2 Å². The minimum Gasteiger partial charge on any atom is -0.467 e. The summed E-state index contributed by atoms with van der Waals surface area (Å²) >= 11 is 1.21. The lowest BCUT2D eigenvalue weighted by atomic mass is 10.2. The molecule has 0 unspecified atom stereocenters. The van der Waals surface area contributed by atoms with Crippen molar-refractivity contribution in [3.8, 4) is 0 Å². The summed E-state index contributed by atoms with van der Waals surface area (Å²) in [5.41, 5.74) is 0.806. The number of amides is 1. The molecule has 25 heavy (non-hydrogen) atoms. The molecule has 1 amide bonds. The van der Waals surface area contributed by atoms with Gasteiger partial charge in [-0.05, 0) is 17.7 Å². The summed E-state index contributed by atoms with van der Waals surface area (Å²) in [6.07, 6.45) is 3.02. The Morgan fingerprint density at radius 3 is 2.68 bits per heavy atom. The number of aromatic nitrogens is 2. The second-order valence-electron chi connectivity index (χ2n) is 5.34. The van der Waals surface area contributed by atoms with Crippen molar-refractivity contribution in [1.29, 1.82) is 0 Å². The maximum atomic E-state index is 12.7. The zero-order valence-corrected chi connectivity index (χ0v) is 14.2. The highest BCUT2D eigenvalue weighted by molar-refractivity contribution is 7.99. The third kappa shape index (κ3) is 5.09. The van der Waals surface area contributed by atoms with Crippen molar-refractivity contribution in [2.24, 2.45) is 0 Å². The van der Waals surface area contributed by atoms with Crippen molar-refractivity contribution < 1.29 is 9.21 Å². The monoisotopic (exact) mass is 355 g/mol. The van der Waals surface area contributed by atoms with Gasteiger partial charge in [0.2, 0.25) is 5.91 Å². The van der Waals surface area contributed by atoms with E-state index in [-0.39, 0.29) is 17.2 Å². The Labute approximate surface area is 148 Å². The highest BCUT2D eigenvalue weighted by Gasteiger charge is 2.16. The summed E-state index contributed by atoms with van der Waals surface area (Å²) in [7, 11) is 0. The average molecular weight is 355 g/mol. The van der Waals surface area contributed by atoms with Crippen LogP contribution in [0.25, 0.3) is 0 Å². The number of hydrogen-bond acceptors (Lipinski definition) is 5. The molecule has 3 rings (SSSR count). The maximum Gasteiger partial charge on any atom is 0.251 e. The van der Waals surface area contributed by atoms with Gasteiger partial charge in [-0.2, -0.15) is 0 Å². The van der Waals surface area contributed by atoms with Crippen LogP contribution in [0.4, 0.5) is 0 Å². The van der Waals surface area contributed by atoms with Crippen molar-refractivity contribution in [3.63, 3.8) is 0 Å². The molecular weight excluding hydrogens is 338 g/mol. The number of carbonyl (C=O) groups is 1. The van der Waals surface area contributed by atoms with Crippen molar-refractivity contribution in [1.82, 2.24) is 14.9 Å². The molecule has 0 aliphatic heterocycles. The summed E-state index contributed by atoms with van der Waals surface area (Å²) < 4.78 is 5.37. The van der Waals surface area contributed by atoms with Gasteiger partial charge in [-0.25, -0.2) is 4.98 Å². The van der Waals surface area contributed by atoms with Crippen LogP contribution in [0.3, 0.4) is 0 Å². The molecular formula is C18H17N3O3S. The zero-order chi connectivity index (χ0) is 17.5. The summed E-state index contributed by atoms with van der Waals surface area (Å²) in [4.78, 5) is 32.4. The van der Waals surface area contributed by atoms with E-state index in [1.807, 2.05) is 36.4 Å². The standard InChI is InChI=1S/C18H17N3O3S/c22-16-8-9-19-18(20-16)25-13-17(23)21(12-15-7-4-10-24-15)11-14-5-2-1-3-6-14/h1-10H,11-13H2,(H,19,20,22). The lowest BCUT2D eigenvalue weighted by Gasteiger charge is -2.21. The van der Waals surface area contributed by atoms with Crippen LogP contribution in [-0.2, 0) is 17.9 Å². The smallest absolute Gasteiger partial charge is 0.251 e. The van der Waals surface area contributed by atoms with E-state index >= 15 is 0 Å². The van der Waals surface area contributed by atoms with E-state index in [4.69, 9.17) is 4.42 Å². The van der Waals surface area contributed by atoms with Gasteiger partial charge >= 0.3 is 0 Å². The predicted octanol–water partition coefficient (Wildman–Crippen LogP) is 2.68. The van der Waals surface area contributed by atoms with Crippen LogP contribution in [0.1, 0.15) is 11.3 Å². The van der Waals surface area contributed by atoms with Crippen LogP contribution in [0.15, 0.2) is 75.4 Å². The molecule has 2 aromatic heterocycles. The number of H-pyrrole nitrogens is 1. The first kappa shape index (κ1) is 17.0. The van der Waals surface area contributed by atoms with Gasteiger partial charge in [-0.1, -0.05) is 42.1 Å². The van der Waals surface area contributed by atoms with E-state index < -0.39 is 0 Å². The Kier molecular flexibility index (Phi) is 5.69. The molecule has 128 valence electrons. The Balaban J connectivity index is 1.68. The van der Waals surface area contributed by atoms with Gasteiger partial charge < -0.3 is 14.3 Å². The molecule has 1 aromatic carbocycles. The lowest BCUT2D eigenvalue weighted by Crippen LogP contribution is -2.31. The number of nitrogens with zero attached hydrogens (tertiary/aromatic N) is 2. The summed E-state index contributed by atoms with van der Waals surface area (Å²) in [6, 6.07) is 14.8. The van der Waals surface area contributed by atoms with Crippen LogP contribution in [0.5, 0.6) is 0 Å². The van der Waals surface area contributed by atoms with Gasteiger partial charge in [0.1, 0.15) is 5.76 Å². The Bertz CT molecular complexity index is 863. The van der Waals surface area contributed by atoms with Crippen LogP contribution in [0, 0.1) is 0 Å². The summed E-state index contributed by atoms with van der Waals surface area (Å²) in [5.74, 6) is 0.845. The van der Waals surface area contributed by atoms with Gasteiger partial charge in [-0.3, -0.25) is 9.59 Å². The van der Waals surface area contributed by atoms with E-state index in [0.717, 1.165) is 11.3 Å². The zero-order valence-electron chi connectivity index (χ0n) is 13.4. The van der Waals surface area contributed by atoms with Crippen molar-refractivity contribution >= 4 is 17.7 Å². The van der Waals surface area contributed by atoms with Crippen LogP contribution in [0.2, 0.25) is 0 Å². The summed E-state index contributed by atoms with van der Waals surface area (Å²) in [6.45, 7) is 0.875. The minimum atomic E-state index is -0.235. The fourth-order valence-electron chi connectivity index (χ4n) is 2.27. The fourth-order valence-corrected chi connectivity index (χ4v) is 3.02. The number of furan rings is 1. The van der Waals surface area contributed by atoms with Gasteiger partial charge in [0.15, 0.2) is 5.16 Å². The maximum absolute atomic E-state index is 12.7. The molecule has 0 radical (unpaired) electrons. The largest absolute Gasteiger partial charge is 0.467 e. The molecule has 6 nitrogen and oxygen atoms in total. The molecule has 0 atom stereocenters. The quantitative estimate of drug-likeness (QED) is 0.521. The molecule has 0 aliphatic rings. The molecule has 0 saturated carbocycles. The molecule has 3 aromatic rings. The van der Waals surface area contributed by atoms with Gasteiger partial charge in [0, 0.05) is 18.8 Å². The summed E-state index contributed by atoms with van der Waals surface area (Å²) in [5, 5.41) is 0.429. The first-order chi connectivity index (χ1) is 12.2. The number of benzene rings is 1. The van der Waals surface area contributed by atoms with Gasteiger partial charge in [0.25, 0.3) is 5.56 Å². The molecule has 0 saturated heterocycles. The predicted molar refractivity (Wildman–Crippen MR) is 95.0 cm³/mol. The Hall–Kier alpha value is -2.80. The highest BCUT2D eigenvalue weighted by Crippen LogP contribution is 2.15. The third-order valence-electron chi connectivity index (χ3n) is 3.48. The molecule has 0 fully saturated rings. The third-order valence-corrected chi connectivity index (χ3v) is 4.35. The lowest BCUT2D eigenvalue weighted by molar-refractivity contribution is -0.129. The van der Waals surface area contributed by atoms with E-state index in [2.05, 4.69) is 9.97 Å². The molecule has 0 aliphatic carbocycles. The molecule has 0 bridgehead atoms. The number of aromatic amines is 1. The minimum absolute atomic E-state index is 0.0586. The average Bonchev–Trinajstić information content (AvgIpc) is 3.13. The molecule has 7 heteroatoms. The van der Waals surface area contributed by atoms with E-state index in [9.17, 15) is 9.59 Å². The number of nitrogens with one attached hydrogen (secondary N) is 1. The second kappa shape index (κ2) is 8.34. The number of rotatable bonds is 7. The Morgan fingerprint density at radius 1 is 1.12 bits per heavy atom. The van der Waals surface area contributed by atoms with Gasteiger partial charge in [0.05, 0.1) is 18.6 Å². The van der Waals surface area contributed by atoms with E-state index in [1.54, 1.807) is 17.2 Å². The molecule has 2 heterocycles. The van der Waals surface area contributed by atoms with Crippen molar-refractivity contribution in [3.05, 3.63) is 82.7 Å². The van der Waals surface area contributed by atoms with Gasteiger partial charge in [-0.15, -0.1) is 0 Å². The van der Waals surface area contributed by atoms with Crippen LogP contribution >= 0.6 is 11.8 Å². The Morgan fingerprint density at radius 2 is 1.96 bits per heavy atom. The molecule has 0 spiro atoms. The second-order valence-corrected chi connectivity index (χ2v) is 6.31. The van der Waals surface area contributed by atoms with Crippen LogP contribution < -0.4 is 5.56 Å². The molecule has 1 N–H and O–H groups in total. The highest BCUT2D eigenvalue weighted by atomic mass is 32.2. The van der Waals surface area contributed by atoms with Crippen molar-refractivity contribution in [2.75, 3.05) is 5.75 Å². The fraction of sp³-hybridized carbons (Fsp3) is 0.167. The normalized spacial score (nSPS) is 10.6. The van der Waals surface area contributed by atoms with Crippen molar-refractivity contribution in [2.45, 2.75) is 18.2 Å². The van der Waals surface area contributed by atoms with E-state index in [1.165, 1.54) is 24.0 Å². The number of carbonyl (C=O) groups excluding carboxylic acids is 1. The number of thioether (sulfide) groups is 1.